The number of sulfonamides is 1. The second-order valence-corrected chi connectivity index (χ2v) is 9.25. The molecule has 12 heteroatoms. The van der Waals surface area contributed by atoms with Gasteiger partial charge >= 0.3 is 6.18 Å². The van der Waals surface area contributed by atoms with Gasteiger partial charge in [0.15, 0.2) is 5.82 Å². The van der Waals surface area contributed by atoms with E-state index in [0.29, 0.717) is 0 Å². The molecule has 1 heterocycles. The zero-order chi connectivity index (χ0) is 24.1. The Balaban J connectivity index is 2.04. The molecule has 0 spiro atoms. The van der Waals surface area contributed by atoms with Crippen LogP contribution in [0.3, 0.4) is 0 Å². The summed E-state index contributed by atoms with van der Waals surface area (Å²) in [7, 11) is -4.11. The highest BCUT2D eigenvalue weighted by atomic mass is 32.2. The van der Waals surface area contributed by atoms with E-state index in [1.54, 1.807) is 12.1 Å². The Morgan fingerprint density at radius 2 is 1.79 bits per heavy atom. The molecular weight excluding hydrogens is 479 g/mol. The number of alkyl halides is 3. The van der Waals surface area contributed by atoms with Gasteiger partial charge in [-0.3, -0.25) is 4.72 Å². The fourth-order valence-electron chi connectivity index (χ4n) is 2.99. The normalized spacial score (nSPS) is 11.9. The SMILES string of the molecule is CSc1ccc(S(=O)(=O)Nc2ncnc(OCCO)c2Cc2ccccc2C(F)(F)F)cc1. The molecule has 0 aliphatic carbocycles. The number of aromatic nitrogens is 2. The first-order valence-electron chi connectivity index (χ1n) is 9.55. The molecule has 33 heavy (non-hydrogen) atoms. The molecule has 3 rings (SSSR count). The molecule has 1 aromatic heterocycles. The number of anilines is 1. The second-order valence-electron chi connectivity index (χ2n) is 6.69. The molecule has 0 atom stereocenters. The molecule has 0 amide bonds. The number of aliphatic hydroxyl groups excluding tert-OH is 1. The van der Waals surface area contributed by atoms with E-state index < -0.39 is 21.8 Å². The van der Waals surface area contributed by atoms with Gasteiger partial charge in [-0.2, -0.15) is 13.2 Å². The summed E-state index contributed by atoms with van der Waals surface area (Å²) in [5, 5.41) is 9.08. The van der Waals surface area contributed by atoms with Gasteiger partial charge in [-0.1, -0.05) is 18.2 Å². The lowest BCUT2D eigenvalue weighted by atomic mass is 10.00. The lowest BCUT2D eigenvalue weighted by Gasteiger charge is -2.17. The van der Waals surface area contributed by atoms with E-state index in [2.05, 4.69) is 14.7 Å². The highest BCUT2D eigenvalue weighted by Gasteiger charge is 2.33. The van der Waals surface area contributed by atoms with E-state index in [4.69, 9.17) is 9.84 Å². The number of thioether (sulfide) groups is 1. The van der Waals surface area contributed by atoms with Gasteiger partial charge in [-0.25, -0.2) is 18.4 Å². The van der Waals surface area contributed by atoms with Gasteiger partial charge in [0.05, 0.1) is 22.6 Å². The van der Waals surface area contributed by atoms with Crippen molar-refractivity contribution >= 4 is 27.6 Å². The highest BCUT2D eigenvalue weighted by molar-refractivity contribution is 7.98. The summed E-state index contributed by atoms with van der Waals surface area (Å²) in [5.41, 5.74) is -0.978. The van der Waals surface area contributed by atoms with Crippen molar-refractivity contribution in [1.29, 1.82) is 0 Å². The van der Waals surface area contributed by atoms with E-state index in [1.807, 2.05) is 6.26 Å². The Hall–Kier alpha value is -2.83. The van der Waals surface area contributed by atoms with Crippen molar-refractivity contribution in [3.8, 4) is 5.88 Å². The molecule has 0 unspecified atom stereocenters. The van der Waals surface area contributed by atoms with Crippen LogP contribution in [0.5, 0.6) is 5.88 Å². The zero-order valence-corrected chi connectivity index (χ0v) is 19.0. The van der Waals surface area contributed by atoms with E-state index in [0.717, 1.165) is 17.3 Å². The number of rotatable bonds is 9. The van der Waals surface area contributed by atoms with Gasteiger partial charge in [0.25, 0.3) is 10.0 Å². The Bertz CT molecular complexity index is 1200. The van der Waals surface area contributed by atoms with E-state index in [1.165, 1.54) is 42.1 Å². The summed E-state index contributed by atoms with van der Waals surface area (Å²) in [6.45, 7) is -0.557. The minimum absolute atomic E-state index is 0.00644. The molecule has 2 aromatic carbocycles. The smallest absolute Gasteiger partial charge is 0.416 e. The first-order chi connectivity index (χ1) is 15.7. The highest BCUT2D eigenvalue weighted by Crippen LogP contribution is 2.35. The molecular formula is C21H20F3N3O4S2. The maximum Gasteiger partial charge on any atom is 0.416 e. The molecule has 7 nitrogen and oxygen atoms in total. The first-order valence-corrected chi connectivity index (χ1v) is 12.3. The van der Waals surface area contributed by atoms with Gasteiger partial charge in [-0.15, -0.1) is 11.8 Å². The van der Waals surface area contributed by atoms with Gasteiger partial charge in [0.1, 0.15) is 12.9 Å². The van der Waals surface area contributed by atoms with Crippen molar-refractivity contribution in [2.24, 2.45) is 0 Å². The number of hydrogen-bond acceptors (Lipinski definition) is 7. The number of halogens is 3. The zero-order valence-electron chi connectivity index (χ0n) is 17.3. The lowest BCUT2D eigenvalue weighted by Crippen LogP contribution is -2.18. The van der Waals surface area contributed by atoms with Crippen molar-refractivity contribution in [2.45, 2.75) is 22.4 Å². The van der Waals surface area contributed by atoms with Gasteiger partial charge in [0, 0.05) is 11.3 Å². The topological polar surface area (TPSA) is 101 Å². The number of benzene rings is 2. The maximum absolute atomic E-state index is 13.5. The number of hydrogen-bond donors (Lipinski definition) is 2. The Morgan fingerprint density at radius 1 is 1.09 bits per heavy atom. The third kappa shape index (κ3) is 6.15. The Morgan fingerprint density at radius 3 is 2.42 bits per heavy atom. The maximum atomic E-state index is 13.5. The predicted molar refractivity (Wildman–Crippen MR) is 118 cm³/mol. The van der Waals surface area contributed by atoms with Crippen molar-refractivity contribution in [3.63, 3.8) is 0 Å². The molecule has 0 saturated heterocycles. The third-order valence-corrected chi connectivity index (χ3v) is 6.63. The van der Waals surface area contributed by atoms with Gasteiger partial charge < -0.3 is 9.84 Å². The van der Waals surface area contributed by atoms with Crippen LogP contribution >= 0.6 is 11.8 Å². The van der Waals surface area contributed by atoms with E-state index in [9.17, 15) is 21.6 Å². The molecule has 0 fully saturated rings. The molecule has 0 aliphatic heterocycles. The van der Waals surface area contributed by atoms with Gasteiger partial charge in [-0.05, 0) is 42.2 Å². The van der Waals surface area contributed by atoms with Crippen LogP contribution in [0.25, 0.3) is 0 Å². The number of ether oxygens (including phenoxy) is 1. The summed E-state index contributed by atoms with van der Waals surface area (Å²) in [6, 6.07) is 11.0. The van der Waals surface area contributed by atoms with Crippen LogP contribution in [0.1, 0.15) is 16.7 Å². The largest absolute Gasteiger partial charge is 0.475 e. The average Bonchev–Trinajstić information content (AvgIpc) is 2.78. The van der Waals surface area contributed by atoms with Crippen LogP contribution in [-0.2, 0) is 22.6 Å². The van der Waals surface area contributed by atoms with Crippen molar-refractivity contribution in [2.75, 3.05) is 24.2 Å². The van der Waals surface area contributed by atoms with Crippen molar-refractivity contribution < 1.29 is 31.4 Å². The standard InChI is InChI=1S/C21H20F3N3O4S2/c1-32-15-6-8-16(9-7-15)33(29,30)27-19-17(20(26-13-25-19)31-11-10-28)12-14-4-2-3-5-18(14)21(22,23)24/h2-9,13,28H,10-12H2,1H3,(H,25,26,27). The molecule has 0 bridgehead atoms. The van der Waals surface area contributed by atoms with E-state index in [-0.39, 0.29) is 47.4 Å². The van der Waals surface area contributed by atoms with Crippen molar-refractivity contribution in [3.05, 3.63) is 71.5 Å². The van der Waals surface area contributed by atoms with Gasteiger partial charge in [0.2, 0.25) is 5.88 Å². The predicted octanol–water partition coefficient (Wildman–Crippen LogP) is 3.98. The fraction of sp³-hybridized carbons (Fsp3) is 0.238. The van der Waals surface area contributed by atoms with Crippen LogP contribution < -0.4 is 9.46 Å². The third-order valence-electron chi connectivity index (χ3n) is 4.53. The lowest BCUT2D eigenvalue weighted by molar-refractivity contribution is -0.138. The van der Waals surface area contributed by atoms with Crippen LogP contribution in [0, 0.1) is 0 Å². The number of nitrogens with one attached hydrogen (secondary N) is 1. The summed E-state index contributed by atoms with van der Waals surface area (Å²) < 4.78 is 74.0. The van der Waals surface area contributed by atoms with Crippen LogP contribution in [-0.4, -0.2) is 43.0 Å². The molecule has 0 radical (unpaired) electrons. The molecule has 176 valence electrons. The summed E-state index contributed by atoms with van der Waals surface area (Å²) >= 11 is 1.44. The monoisotopic (exact) mass is 499 g/mol. The average molecular weight is 500 g/mol. The number of nitrogens with zero attached hydrogens (tertiary/aromatic N) is 2. The fourth-order valence-corrected chi connectivity index (χ4v) is 4.44. The molecule has 2 N–H and O–H groups in total. The molecule has 0 saturated carbocycles. The van der Waals surface area contributed by atoms with Crippen LogP contribution in [0.2, 0.25) is 0 Å². The minimum atomic E-state index is -4.61. The Labute approximate surface area is 193 Å². The molecule has 3 aromatic rings. The van der Waals surface area contributed by atoms with Crippen LogP contribution in [0.4, 0.5) is 19.0 Å². The minimum Gasteiger partial charge on any atom is -0.475 e. The number of aliphatic hydroxyl groups is 1. The second kappa shape index (κ2) is 10.4. The summed E-state index contributed by atoms with van der Waals surface area (Å²) in [6.07, 6.45) is -2.10. The quantitative estimate of drug-likeness (QED) is 0.430. The summed E-state index contributed by atoms with van der Waals surface area (Å²) in [5.74, 6) is -0.352. The Kier molecular flexibility index (Phi) is 7.82. The molecule has 0 aliphatic rings. The van der Waals surface area contributed by atoms with Crippen LogP contribution in [0.15, 0.2) is 64.6 Å². The van der Waals surface area contributed by atoms with E-state index >= 15 is 0 Å². The first kappa shape index (κ1) is 24.8. The van der Waals surface area contributed by atoms with Crippen molar-refractivity contribution in [1.82, 2.24) is 9.97 Å². The summed E-state index contributed by atoms with van der Waals surface area (Å²) in [4.78, 5) is 8.70.